The summed E-state index contributed by atoms with van der Waals surface area (Å²) >= 11 is 0. The number of hydrogen-bond donors (Lipinski definition) is 0. The van der Waals surface area contributed by atoms with Crippen molar-refractivity contribution in [2.45, 2.75) is 11.4 Å². The topological polar surface area (TPSA) is 39.1 Å². The van der Waals surface area contributed by atoms with Crippen LogP contribution in [0.25, 0.3) is 0 Å². The number of halogens is 1. The molecule has 0 fully saturated rings. The van der Waals surface area contributed by atoms with Crippen molar-refractivity contribution in [1.29, 1.82) is 0 Å². The van der Waals surface area contributed by atoms with Gasteiger partial charge in [-0.25, -0.2) is 4.39 Å². The first kappa shape index (κ1) is 12.7. The van der Waals surface area contributed by atoms with E-state index in [2.05, 4.69) is 0 Å². The number of nitrogens with zero attached hydrogens (tertiary/aromatic N) is 1. The zero-order valence-electron chi connectivity index (χ0n) is 9.80. The van der Waals surface area contributed by atoms with Crippen LogP contribution in [0.1, 0.15) is 10.4 Å². The maximum atomic E-state index is 13.2. The van der Waals surface area contributed by atoms with E-state index in [9.17, 15) is 13.4 Å². The average molecular weight is 265 g/mol. The van der Waals surface area contributed by atoms with Gasteiger partial charge in [-0.15, -0.1) is 0 Å². The van der Waals surface area contributed by atoms with Crippen LogP contribution in [0.2, 0.25) is 0 Å². The molecular weight excluding hydrogens is 253 g/mol. The molecule has 0 aliphatic rings. The molecule has 1 aromatic carbocycles. The van der Waals surface area contributed by atoms with Gasteiger partial charge in [0.15, 0.2) is 5.78 Å². The Balaban J connectivity index is 2.34. The quantitative estimate of drug-likeness (QED) is 0.795. The lowest BCUT2D eigenvalue weighted by Gasteiger charge is -2.07. The largest absolute Gasteiger partial charge is 0.347 e. The number of carbonyl (C=O) groups is 1. The number of ketones is 1. The fourth-order valence-corrected chi connectivity index (χ4v) is 2.44. The normalized spacial score (nSPS) is 12.3. The van der Waals surface area contributed by atoms with Gasteiger partial charge >= 0.3 is 0 Å². The van der Waals surface area contributed by atoms with Crippen LogP contribution in [0.4, 0.5) is 4.39 Å². The second-order valence-corrected chi connectivity index (χ2v) is 5.22. The molecule has 5 heteroatoms. The van der Waals surface area contributed by atoms with E-state index < -0.39 is 16.6 Å². The smallest absolute Gasteiger partial charge is 0.183 e. The lowest BCUT2D eigenvalue weighted by atomic mass is 10.1. The molecule has 2 aromatic rings. The summed E-state index contributed by atoms with van der Waals surface area (Å²) in [5, 5.41) is 0. The van der Waals surface area contributed by atoms with E-state index in [1.54, 1.807) is 29.1 Å². The molecule has 1 aromatic heterocycles. The summed E-state index contributed by atoms with van der Waals surface area (Å²) in [6, 6.07) is 7.36. The highest BCUT2D eigenvalue weighted by molar-refractivity contribution is 7.84. The van der Waals surface area contributed by atoms with Gasteiger partial charge in [-0.1, -0.05) is 0 Å². The number of carbonyl (C=O) groups excluding carboxylic acids is 1. The van der Waals surface area contributed by atoms with Gasteiger partial charge in [-0.05, 0) is 30.3 Å². The van der Waals surface area contributed by atoms with Crippen molar-refractivity contribution >= 4 is 16.6 Å². The summed E-state index contributed by atoms with van der Waals surface area (Å²) in [6.45, 7) is 0.112. The van der Waals surface area contributed by atoms with E-state index in [1.165, 1.54) is 18.4 Å². The highest BCUT2D eigenvalue weighted by Crippen LogP contribution is 2.16. The van der Waals surface area contributed by atoms with E-state index in [-0.39, 0.29) is 17.9 Å². The maximum Gasteiger partial charge on any atom is 0.183 e. The Bertz CT molecular complexity index is 593. The highest BCUT2D eigenvalue weighted by atomic mass is 32.2. The third-order valence-electron chi connectivity index (χ3n) is 2.54. The Morgan fingerprint density at radius 3 is 2.61 bits per heavy atom. The molecule has 0 aliphatic heterocycles. The Hall–Kier alpha value is -1.75. The second-order valence-electron chi connectivity index (χ2n) is 3.87. The van der Waals surface area contributed by atoms with Gasteiger partial charge in [0.2, 0.25) is 0 Å². The van der Waals surface area contributed by atoms with E-state index in [0.29, 0.717) is 4.90 Å². The van der Waals surface area contributed by atoms with Crippen LogP contribution in [-0.2, 0) is 17.3 Å². The Labute approximate surface area is 107 Å². The Kier molecular flexibility index (Phi) is 3.72. The lowest BCUT2D eigenvalue weighted by Crippen LogP contribution is -2.12. The minimum Gasteiger partial charge on any atom is -0.347 e. The molecule has 1 atom stereocenters. The molecule has 0 aliphatic carbocycles. The number of hydrogen-bond acceptors (Lipinski definition) is 2. The van der Waals surface area contributed by atoms with Gasteiger partial charge in [0.1, 0.15) is 5.82 Å². The SMILES string of the molecule is C[S@](=O)c1ccc(F)cc1C(=O)Cn1cccc1. The lowest BCUT2D eigenvalue weighted by molar-refractivity contribution is 0.0969. The fourth-order valence-electron chi connectivity index (χ4n) is 1.70. The van der Waals surface area contributed by atoms with Crippen molar-refractivity contribution in [3.63, 3.8) is 0 Å². The summed E-state index contributed by atoms with van der Waals surface area (Å²) in [4.78, 5) is 12.4. The third kappa shape index (κ3) is 2.73. The molecule has 0 bridgehead atoms. The van der Waals surface area contributed by atoms with Crippen molar-refractivity contribution in [2.75, 3.05) is 6.26 Å². The van der Waals surface area contributed by atoms with Crippen LogP contribution >= 0.6 is 0 Å². The minimum atomic E-state index is -1.31. The fraction of sp³-hybridized carbons (Fsp3) is 0.154. The van der Waals surface area contributed by atoms with Gasteiger partial charge in [-0.3, -0.25) is 9.00 Å². The van der Waals surface area contributed by atoms with Gasteiger partial charge in [0.25, 0.3) is 0 Å². The Morgan fingerprint density at radius 2 is 2.00 bits per heavy atom. The molecule has 3 nitrogen and oxygen atoms in total. The molecule has 0 radical (unpaired) electrons. The molecule has 0 N–H and O–H groups in total. The first-order valence-electron chi connectivity index (χ1n) is 5.35. The predicted molar refractivity (Wildman–Crippen MR) is 67.5 cm³/mol. The van der Waals surface area contributed by atoms with Crippen LogP contribution < -0.4 is 0 Å². The summed E-state index contributed by atoms with van der Waals surface area (Å²) < 4.78 is 26.4. The van der Waals surface area contributed by atoms with Crippen LogP contribution in [0, 0.1) is 5.82 Å². The number of benzene rings is 1. The summed E-state index contributed by atoms with van der Waals surface area (Å²) in [5.41, 5.74) is 0.185. The van der Waals surface area contributed by atoms with Crippen molar-refractivity contribution in [3.8, 4) is 0 Å². The molecule has 0 amide bonds. The highest BCUT2D eigenvalue weighted by Gasteiger charge is 2.15. The molecule has 0 saturated heterocycles. The van der Waals surface area contributed by atoms with Gasteiger partial charge in [-0.2, -0.15) is 0 Å². The van der Waals surface area contributed by atoms with E-state index >= 15 is 0 Å². The van der Waals surface area contributed by atoms with Gasteiger partial charge in [0.05, 0.1) is 17.3 Å². The first-order valence-corrected chi connectivity index (χ1v) is 6.90. The first-order chi connectivity index (χ1) is 8.58. The molecule has 0 unspecified atom stereocenters. The number of Topliss-reactive ketones (excluding diaryl/α,β-unsaturated/α-hetero) is 1. The van der Waals surface area contributed by atoms with E-state index in [4.69, 9.17) is 0 Å². The molecule has 2 rings (SSSR count). The summed E-state index contributed by atoms with van der Waals surface area (Å²) in [6.07, 6.45) is 4.97. The van der Waals surface area contributed by atoms with Crippen LogP contribution in [0.15, 0.2) is 47.6 Å². The van der Waals surface area contributed by atoms with Crippen molar-refractivity contribution in [1.82, 2.24) is 4.57 Å². The summed E-state index contributed by atoms with van der Waals surface area (Å²) in [7, 11) is -1.31. The van der Waals surface area contributed by atoms with Crippen LogP contribution in [0.5, 0.6) is 0 Å². The third-order valence-corrected chi connectivity index (χ3v) is 3.52. The molecule has 1 heterocycles. The standard InChI is InChI=1S/C13H12FNO2S/c1-18(17)13-5-4-10(14)8-11(13)12(16)9-15-6-2-3-7-15/h2-8H,9H2,1H3/t18-/m0/s1. The second kappa shape index (κ2) is 5.27. The summed E-state index contributed by atoms with van der Waals surface area (Å²) in [5.74, 6) is -0.754. The molecule has 18 heavy (non-hydrogen) atoms. The van der Waals surface area contributed by atoms with Crippen molar-refractivity contribution in [3.05, 3.63) is 54.1 Å². The zero-order chi connectivity index (χ0) is 13.1. The van der Waals surface area contributed by atoms with Gasteiger partial charge in [0, 0.05) is 29.1 Å². The number of aromatic nitrogens is 1. The molecule has 0 spiro atoms. The maximum absolute atomic E-state index is 13.2. The van der Waals surface area contributed by atoms with Crippen molar-refractivity contribution in [2.24, 2.45) is 0 Å². The predicted octanol–water partition coefficient (Wildman–Crippen LogP) is 2.25. The molecular formula is C13H12FNO2S. The van der Waals surface area contributed by atoms with Crippen LogP contribution in [0.3, 0.4) is 0 Å². The average Bonchev–Trinajstić information content (AvgIpc) is 2.81. The number of rotatable bonds is 4. The van der Waals surface area contributed by atoms with E-state index in [0.717, 1.165) is 6.07 Å². The minimum absolute atomic E-state index is 0.112. The van der Waals surface area contributed by atoms with E-state index in [1.807, 2.05) is 0 Å². The Morgan fingerprint density at radius 1 is 1.33 bits per heavy atom. The molecule has 94 valence electrons. The van der Waals surface area contributed by atoms with Gasteiger partial charge < -0.3 is 4.57 Å². The molecule has 0 saturated carbocycles. The van der Waals surface area contributed by atoms with Crippen molar-refractivity contribution < 1.29 is 13.4 Å². The zero-order valence-corrected chi connectivity index (χ0v) is 10.6. The monoisotopic (exact) mass is 265 g/mol. The van der Waals surface area contributed by atoms with Crippen LogP contribution in [-0.4, -0.2) is 20.8 Å².